The number of piperazine rings is 1. The Morgan fingerprint density at radius 2 is 1.72 bits per heavy atom. The molecule has 0 aliphatic carbocycles. The number of likely N-dealkylation sites (tertiary alicyclic amines) is 1. The van der Waals surface area contributed by atoms with Crippen LogP contribution < -0.4 is 10.6 Å². The van der Waals surface area contributed by atoms with Crippen LogP contribution >= 0.6 is 0 Å². The monoisotopic (exact) mass is 344 g/mol. The van der Waals surface area contributed by atoms with Crippen molar-refractivity contribution in [3.05, 3.63) is 35.9 Å². The Bertz CT molecular complexity index is 564. The summed E-state index contributed by atoms with van der Waals surface area (Å²) in [5, 5.41) is 6.66. The number of carbonyl (C=O) groups is 2. The molecule has 2 fully saturated rings. The molecule has 6 nitrogen and oxygen atoms in total. The van der Waals surface area contributed by atoms with Crippen LogP contribution in [0.1, 0.15) is 23.2 Å². The molecule has 1 aromatic carbocycles. The number of piperidine rings is 1. The van der Waals surface area contributed by atoms with Gasteiger partial charge >= 0.3 is 0 Å². The van der Waals surface area contributed by atoms with Gasteiger partial charge in [0.1, 0.15) is 0 Å². The Labute approximate surface area is 149 Å². The lowest BCUT2D eigenvalue weighted by molar-refractivity contribution is -0.131. The first-order chi connectivity index (χ1) is 12.2. The lowest BCUT2D eigenvalue weighted by Gasteiger charge is -2.33. The van der Waals surface area contributed by atoms with Gasteiger partial charge in [0, 0.05) is 50.9 Å². The van der Waals surface area contributed by atoms with E-state index in [1.54, 1.807) is 0 Å². The van der Waals surface area contributed by atoms with E-state index < -0.39 is 0 Å². The molecule has 0 atom stereocenters. The summed E-state index contributed by atoms with van der Waals surface area (Å²) in [6.45, 7) is 6.10. The van der Waals surface area contributed by atoms with Crippen LogP contribution in [0.25, 0.3) is 0 Å². The third kappa shape index (κ3) is 5.36. The van der Waals surface area contributed by atoms with E-state index in [1.807, 2.05) is 35.2 Å². The van der Waals surface area contributed by atoms with Crippen molar-refractivity contribution in [2.45, 2.75) is 18.9 Å². The number of nitrogens with zero attached hydrogens (tertiary/aromatic N) is 2. The smallest absolute Gasteiger partial charge is 0.236 e. The van der Waals surface area contributed by atoms with Gasteiger partial charge in [-0.1, -0.05) is 30.3 Å². The normalized spacial score (nSPS) is 19.8. The van der Waals surface area contributed by atoms with Crippen LogP contribution in [0.4, 0.5) is 0 Å². The van der Waals surface area contributed by atoms with Crippen LogP contribution in [0.5, 0.6) is 0 Å². The lowest BCUT2D eigenvalue weighted by atomic mass is 10.0. The zero-order valence-electron chi connectivity index (χ0n) is 14.7. The van der Waals surface area contributed by atoms with Gasteiger partial charge in [-0.05, 0) is 12.8 Å². The highest BCUT2D eigenvalue weighted by atomic mass is 16.2. The van der Waals surface area contributed by atoms with E-state index in [-0.39, 0.29) is 11.7 Å². The molecule has 0 saturated carbocycles. The van der Waals surface area contributed by atoms with Crippen molar-refractivity contribution >= 4 is 11.7 Å². The summed E-state index contributed by atoms with van der Waals surface area (Å²) < 4.78 is 0. The zero-order chi connectivity index (χ0) is 17.5. The standard InChI is InChI=1S/C19H28N4O2/c24-18(16-4-2-1-3-5-16)15-22-10-6-17(7-11-22)21-14-19(25)23-12-8-20-9-13-23/h1-5,17,20-21H,6-15H2. The van der Waals surface area contributed by atoms with Crippen LogP contribution in [0, 0.1) is 0 Å². The maximum Gasteiger partial charge on any atom is 0.236 e. The quantitative estimate of drug-likeness (QED) is 0.730. The minimum atomic E-state index is 0.181. The molecule has 3 rings (SSSR count). The van der Waals surface area contributed by atoms with Crippen molar-refractivity contribution in [1.29, 1.82) is 0 Å². The van der Waals surface area contributed by atoms with Crippen molar-refractivity contribution in [2.75, 3.05) is 52.4 Å². The molecule has 0 bridgehead atoms. The minimum absolute atomic E-state index is 0.181. The first-order valence-corrected chi connectivity index (χ1v) is 9.25. The fraction of sp³-hybridized carbons (Fsp3) is 0.579. The first kappa shape index (κ1) is 18.0. The van der Waals surface area contributed by atoms with E-state index in [9.17, 15) is 9.59 Å². The third-order valence-electron chi connectivity index (χ3n) is 5.06. The number of Topliss-reactive ketones (excluding diaryl/α,β-unsaturated/α-hetero) is 1. The van der Waals surface area contributed by atoms with Gasteiger partial charge in [0.2, 0.25) is 5.91 Å². The average Bonchev–Trinajstić information content (AvgIpc) is 2.68. The Balaban J connectivity index is 1.35. The first-order valence-electron chi connectivity index (χ1n) is 9.25. The molecule has 2 N–H and O–H groups in total. The maximum atomic E-state index is 12.3. The molecule has 0 aromatic heterocycles. The summed E-state index contributed by atoms with van der Waals surface area (Å²) in [6, 6.07) is 9.85. The Morgan fingerprint density at radius 3 is 2.40 bits per heavy atom. The summed E-state index contributed by atoms with van der Waals surface area (Å²) in [7, 11) is 0. The molecule has 0 spiro atoms. The van der Waals surface area contributed by atoms with E-state index in [0.717, 1.165) is 57.7 Å². The zero-order valence-corrected chi connectivity index (χ0v) is 14.7. The molecule has 1 aromatic rings. The number of nitrogens with one attached hydrogen (secondary N) is 2. The van der Waals surface area contributed by atoms with Crippen LogP contribution in [0.3, 0.4) is 0 Å². The van der Waals surface area contributed by atoms with Gasteiger partial charge in [0.25, 0.3) is 0 Å². The third-order valence-corrected chi connectivity index (χ3v) is 5.06. The SMILES string of the molecule is O=C(CN1CCC(NCC(=O)N2CCNCC2)CC1)c1ccccc1. The van der Waals surface area contributed by atoms with Crippen LogP contribution in [0.15, 0.2) is 30.3 Å². The summed E-state index contributed by atoms with van der Waals surface area (Å²) in [4.78, 5) is 28.6. The predicted molar refractivity (Wildman–Crippen MR) is 97.7 cm³/mol. The molecule has 6 heteroatoms. The Kier molecular flexibility index (Phi) is 6.55. The second-order valence-corrected chi connectivity index (χ2v) is 6.85. The lowest BCUT2D eigenvalue weighted by Crippen LogP contribution is -2.51. The minimum Gasteiger partial charge on any atom is -0.339 e. The van der Waals surface area contributed by atoms with Crippen molar-refractivity contribution in [1.82, 2.24) is 20.4 Å². The van der Waals surface area contributed by atoms with Gasteiger partial charge in [-0.15, -0.1) is 0 Å². The second-order valence-electron chi connectivity index (χ2n) is 6.85. The molecule has 2 aliphatic heterocycles. The average molecular weight is 344 g/mol. The topological polar surface area (TPSA) is 64.7 Å². The molecule has 25 heavy (non-hydrogen) atoms. The van der Waals surface area contributed by atoms with E-state index in [0.29, 0.717) is 19.1 Å². The number of benzene rings is 1. The van der Waals surface area contributed by atoms with Gasteiger partial charge < -0.3 is 15.5 Å². The molecular weight excluding hydrogens is 316 g/mol. The number of hydrogen-bond acceptors (Lipinski definition) is 5. The molecular formula is C19H28N4O2. The summed E-state index contributed by atoms with van der Waals surface area (Å²) >= 11 is 0. The highest BCUT2D eigenvalue weighted by Crippen LogP contribution is 2.11. The summed E-state index contributed by atoms with van der Waals surface area (Å²) in [6.07, 6.45) is 1.97. The van der Waals surface area contributed by atoms with E-state index >= 15 is 0 Å². The largest absolute Gasteiger partial charge is 0.339 e. The maximum absolute atomic E-state index is 12.3. The highest BCUT2D eigenvalue weighted by molar-refractivity contribution is 5.97. The summed E-state index contributed by atoms with van der Waals surface area (Å²) in [5.41, 5.74) is 0.782. The molecule has 2 heterocycles. The van der Waals surface area contributed by atoms with Crippen molar-refractivity contribution in [3.63, 3.8) is 0 Å². The predicted octanol–water partition coefficient (Wildman–Crippen LogP) is 0.355. The van der Waals surface area contributed by atoms with Crippen LogP contribution in [-0.2, 0) is 4.79 Å². The number of carbonyl (C=O) groups excluding carboxylic acids is 2. The van der Waals surface area contributed by atoms with E-state index in [2.05, 4.69) is 15.5 Å². The number of amides is 1. The highest BCUT2D eigenvalue weighted by Gasteiger charge is 2.22. The van der Waals surface area contributed by atoms with Gasteiger partial charge in [-0.3, -0.25) is 14.5 Å². The van der Waals surface area contributed by atoms with Gasteiger partial charge in [0.05, 0.1) is 13.1 Å². The Hall–Kier alpha value is -1.76. The summed E-state index contributed by atoms with van der Waals surface area (Å²) in [5.74, 6) is 0.379. The van der Waals surface area contributed by atoms with Crippen molar-refractivity contribution in [3.8, 4) is 0 Å². The van der Waals surface area contributed by atoms with Crippen molar-refractivity contribution in [2.24, 2.45) is 0 Å². The molecule has 2 aliphatic rings. The van der Waals surface area contributed by atoms with E-state index in [4.69, 9.17) is 0 Å². The second kappa shape index (κ2) is 9.08. The van der Waals surface area contributed by atoms with Crippen LogP contribution in [0.2, 0.25) is 0 Å². The fourth-order valence-corrected chi connectivity index (χ4v) is 3.47. The molecule has 0 unspecified atom stereocenters. The number of rotatable bonds is 6. The molecule has 2 saturated heterocycles. The van der Waals surface area contributed by atoms with Crippen molar-refractivity contribution < 1.29 is 9.59 Å². The van der Waals surface area contributed by atoms with E-state index in [1.165, 1.54) is 0 Å². The number of hydrogen-bond donors (Lipinski definition) is 2. The Morgan fingerprint density at radius 1 is 1.04 bits per heavy atom. The van der Waals surface area contributed by atoms with Gasteiger partial charge in [-0.2, -0.15) is 0 Å². The van der Waals surface area contributed by atoms with Crippen LogP contribution in [-0.4, -0.2) is 79.9 Å². The fourth-order valence-electron chi connectivity index (χ4n) is 3.47. The molecule has 136 valence electrons. The number of ketones is 1. The van der Waals surface area contributed by atoms with Gasteiger partial charge in [-0.25, -0.2) is 0 Å². The van der Waals surface area contributed by atoms with Gasteiger partial charge in [0.15, 0.2) is 5.78 Å². The molecule has 1 amide bonds. The molecule has 0 radical (unpaired) electrons.